The van der Waals surface area contributed by atoms with Crippen LogP contribution in [0.4, 0.5) is 0 Å². The standard InChI is InChI=1S/C25H20N2O3/c1-17-24(19-8-4-2-5-9-19)25(30)26-23(27(17)20-10-6-3-7-11-20)15-13-18-12-14-21(28)22(29)16-18/h2-16,28-29H,1H3/b15-13-. The summed E-state index contributed by atoms with van der Waals surface area (Å²) in [4.78, 5) is 17.3. The first kappa shape index (κ1) is 19.2. The third-order valence-electron chi connectivity index (χ3n) is 4.86. The first-order chi connectivity index (χ1) is 14.5. The molecule has 0 atom stereocenters. The van der Waals surface area contributed by atoms with E-state index in [9.17, 15) is 15.0 Å². The minimum Gasteiger partial charge on any atom is -0.504 e. The average Bonchev–Trinajstić information content (AvgIpc) is 2.76. The van der Waals surface area contributed by atoms with E-state index in [0.29, 0.717) is 17.0 Å². The molecule has 3 aromatic carbocycles. The number of benzene rings is 3. The topological polar surface area (TPSA) is 75.3 Å². The van der Waals surface area contributed by atoms with Crippen LogP contribution in [0, 0.1) is 6.92 Å². The Hall–Kier alpha value is -4.12. The lowest BCUT2D eigenvalue weighted by molar-refractivity contribution is 0.403. The molecule has 0 aliphatic rings. The lowest BCUT2D eigenvalue weighted by Crippen LogP contribution is -2.20. The molecule has 0 amide bonds. The molecule has 5 nitrogen and oxygen atoms in total. The van der Waals surface area contributed by atoms with Gasteiger partial charge in [-0.05, 0) is 48.4 Å². The Bertz CT molecular complexity index is 1280. The number of rotatable bonds is 4. The summed E-state index contributed by atoms with van der Waals surface area (Å²) < 4.78 is 1.93. The van der Waals surface area contributed by atoms with E-state index < -0.39 is 0 Å². The summed E-state index contributed by atoms with van der Waals surface area (Å²) in [6, 6.07) is 23.7. The monoisotopic (exact) mass is 396 g/mol. The maximum Gasteiger partial charge on any atom is 0.281 e. The molecule has 4 aromatic rings. The van der Waals surface area contributed by atoms with Crippen molar-refractivity contribution in [3.63, 3.8) is 0 Å². The smallest absolute Gasteiger partial charge is 0.281 e. The summed E-state index contributed by atoms with van der Waals surface area (Å²) in [7, 11) is 0. The first-order valence-electron chi connectivity index (χ1n) is 9.49. The number of para-hydroxylation sites is 1. The van der Waals surface area contributed by atoms with E-state index in [1.54, 1.807) is 18.2 Å². The fraction of sp³-hybridized carbons (Fsp3) is 0.0400. The van der Waals surface area contributed by atoms with Crippen LogP contribution in [-0.4, -0.2) is 19.8 Å². The number of hydrogen-bond donors (Lipinski definition) is 2. The molecule has 0 aliphatic heterocycles. The minimum absolute atomic E-state index is 0.186. The van der Waals surface area contributed by atoms with Gasteiger partial charge in [-0.1, -0.05) is 60.7 Å². The Balaban J connectivity index is 1.91. The molecule has 1 heterocycles. The summed E-state index contributed by atoms with van der Waals surface area (Å²) in [5.74, 6) is 0.0756. The summed E-state index contributed by atoms with van der Waals surface area (Å²) in [5.41, 5.74) is 3.39. The molecular weight excluding hydrogens is 376 g/mol. The molecule has 1 aromatic heterocycles. The summed E-state index contributed by atoms with van der Waals surface area (Å²) in [6.45, 7) is 1.90. The van der Waals surface area contributed by atoms with Crippen molar-refractivity contribution in [2.45, 2.75) is 6.92 Å². The first-order valence-corrected chi connectivity index (χ1v) is 9.49. The zero-order chi connectivity index (χ0) is 21.1. The van der Waals surface area contributed by atoms with Gasteiger partial charge in [0.2, 0.25) is 0 Å². The second-order valence-corrected chi connectivity index (χ2v) is 6.85. The van der Waals surface area contributed by atoms with Crippen LogP contribution in [0.15, 0.2) is 83.7 Å². The van der Waals surface area contributed by atoms with Crippen molar-refractivity contribution in [1.82, 2.24) is 9.55 Å². The van der Waals surface area contributed by atoms with Crippen molar-refractivity contribution in [3.05, 3.63) is 106 Å². The Morgan fingerprint density at radius 3 is 2.17 bits per heavy atom. The van der Waals surface area contributed by atoms with Crippen LogP contribution < -0.4 is 5.56 Å². The molecule has 4 rings (SSSR count). The second kappa shape index (κ2) is 8.09. The van der Waals surface area contributed by atoms with E-state index in [1.165, 1.54) is 12.1 Å². The highest BCUT2D eigenvalue weighted by atomic mass is 16.3. The molecule has 148 valence electrons. The van der Waals surface area contributed by atoms with Crippen molar-refractivity contribution in [1.29, 1.82) is 0 Å². The SMILES string of the molecule is Cc1c(-c2ccccc2)c(=O)nc(/C=C\c2ccc(O)c(O)c2)n1-c1ccccc1. The number of phenols is 2. The number of aromatic hydroxyl groups is 2. The molecule has 30 heavy (non-hydrogen) atoms. The van der Waals surface area contributed by atoms with Gasteiger partial charge in [0.1, 0.15) is 5.82 Å². The van der Waals surface area contributed by atoms with Gasteiger partial charge in [-0.3, -0.25) is 9.36 Å². The van der Waals surface area contributed by atoms with Crippen molar-refractivity contribution in [2.75, 3.05) is 0 Å². The van der Waals surface area contributed by atoms with Gasteiger partial charge in [0.15, 0.2) is 11.5 Å². The summed E-state index contributed by atoms with van der Waals surface area (Å²) >= 11 is 0. The van der Waals surface area contributed by atoms with Crippen LogP contribution in [-0.2, 0) is 0 Å². The predicted octanol–water partition coefficient (Wildman–Crippen LogP) is 4.79. The van der Waals surface area contributed by atoms with Gasteiger partial charge in [-0.25, -0.2) is 0 Å². The van der Waals surface area contributed by atoms with E-state index >= 15 is 0 Å². The van der Waals surface area contributed by atoms with E-state index in [0.717, 1.165) is 16.9 Å². The molecular formula is C25H20N2O3. The molecule has 0 saturated heterocycles. The minimum atomic E-state index is -0.306. The lowest BCUT2D eigenvalue weighted by Gasteiger charge is -2.17. The summed E-state index contributed by atoms with van der Waals surface area (Å²) in [6.07, 6.45) is 3.46. The number of hydrogen-bond acceptors (Lipinski definition) is 4. The molecule has 5 heteroatoms. The van der Waals surface area contributed by atoms with Crippen molar-refractivity contribution < 1.29 is 10.2 Å². The summed E-state index contributed by atoms with van der Waals surface area (Å²) in [5, 5.41) is 19.2. The fourth-order valence-corrected chi connectivity index (χ4v) is 3.42. The van der Waals surface area contributed by atoms with Gasteiger partial charge in [-0.15, -0.1) is 0 Å². The van der Waals surface area contributed by atoms with E-state index in [2.05, 4.69) is 4.98 Å². The maximum absolute atomic E-state index is 12.9. The normalized spacial score (nSPS) is 11.1. The molecule has 0 aliphatic carbocycles. The van der Waals surface area contributed by atoms with Gasteiger partial charge >= 0.3 is 0 Å². The largest absolute Gasteiger partial charge is 0.504 e. The van der Waals surface area contributed by atoms with Crippen molar-refractivity contribution in [3.8, 4) is 28.3 Å². The molecule has 0 radical (unpaired) electrons. The number of aromatic nitrogens is 2. The Labute approximate surface area is 173 Å². The Morgan fingerprint density at radius 2 is 1.50 bits per heavy atom. The molecule has 0 spiro atoms. The van der Waals surface area contributed by atoms with Gasteiger partial charge < -0.3 is 10.2 Å². The molecule has 0 unspecified atom stereocenters. The highest BCUT2D eigenvalue weighted by molar-refractivity contribution is 5.71. The van der Waals surface area contributed by atoms with Crippen LogP contribution in [0.1, 0.15) is 17.1 Å². The second-order valence-electron chi connectivity index (χ2n) is 6.85. The predicted molar refractivity (Wildman–Crippen MR) is 119 cm³/mol. The number of phenolic OH excluding ortho intramolecular Hbond substituents is 2. The van der Waals surface area contributed by atoms with Crippen LogP contribution in [0.3, 0.4) is 0 Å². The molecule has 0 fully saturated rings. The zero-order valence-corrected chi connectivity index (χ0v) is 16.4. The van der Waals surface area contributed by atoms with Crippen LogP contribution in [0.2, 0.25) is 0 Å². The molecule has 0 bridgehead atoms. The Kier molecular flexibility index (Phi) is 5.18. The highest BCUT2D eigenvalue weighted by Crippen LogP contribution is 2.27. The van der Waals surface area contributed by atoms with Gasteiger partial charge in [0.05, 0.1) is 5.56 Å². The molecule has 2 N–H and O–H groups in total. The lowest BCUT2D eigenvalue weighted by atomic mass is 10.1. The van der Waals surface area contributed by atoms with Gasteiger partial charge in [0.25, 0.3) is 5.56 Å². The zero-order valence-electron chi connectivity index (χ0n) is 16.4. The van der Waals surface area contributed by atoms with E-state index in [-0.39, 0.29) is 17.1 Å². The molecule has 0 saturated carbocycles. The number of nitrogens with zero attached hydrogens (tertiary/aromatic N) is 2. The fourth-order valence-electron chi connectivity index (χ4n) is 3.42. The highest BCUT2D eigenvalue weighted by Gasteiger charge is 2.15. The van der Waals surface area contributed by atoms with Gasteiger partial charge in [0, 0.05) is 11.4 Å². The van der Waals surface area contributed by atoms with Crippen molar-refractivity contribution in [2.24, 2.45) is 0 Å². The average molecular weight is 396 g/mol. The Morgan fingerprint density at radius 1 is 0.833 bits per heavy atom. The van der Waals surface area contributed by atoms with Crippen molar-refractivity contribution >= 4 is 12.2 Å². The van der Waals surface area contributed by atoms with E-state index in [1.807, 2.05) is 72.2 Å². The van der Waals surface area contributed by atoms with Gasteiger partial charge in [-0.2, -0.15) is 4.98 Å². The third-order valence-corrected chi connectivity index (χ3v) is 4.86. The maximum atomic E-state index is 12.9. The quantitative estimate of drug-likeness (QED) is 0.487. The van der Waals surface area contributed by atoms with Crippen LogP contribution in [0.25, 0.3) is 29.0 Å². The van der Waals surface area contributed by atoms with E-state index in [4.69, 9.17) is 0 Å². The van der Waals surface area contributed by atoms with Crippen LogP contribution >= 0.6 is 0 Å². The van der Waals surface area contributed by atoms with Crippen LogP contribution in [0.5, 0.6) is 11.5 Å². The third kappa shape index (κ3) is 3.73.